The fourth-order valence-corrected chi connectivity index (χ4v) is 4.57. The van der Waals surface area contributed by atoms with Gasteiger partial charge in [-0.25, -0.2) is 4.39 Å². The Morgan fingerprint density at radius 3 is 2.44 bits per heavy atom. The van der Waals surface area contributed by atoms with E-state index >= 15 is 0 Å². The molecule has 0 fully saturated rings. The van der Waals surface area contributed by atoms with Gasteiger partial charge >= 0.3 is 0 Å². The molecular weight excluding hydrogens is 423 g/mol. The van der Waals surface area contributed by atoms with Gasteiger partial charge in [0.1, 0.15) is 5.82 Å². The number of hydrogen-bond acceptors (Lipinski definition) is 1. The molecule has 1 aromatic heterocycles. The van der Waals surface area contributed by atoms with Gasteiger partial charge in [-0.2, -0.15) is 0 Å². The number of nitrogens with zero attached hydrogens (tertiary/aromatic N) is 2. The lowest BCUT2D eigenvalue weighted by Crippen LogP contribution is -2.36. The fourth-order valence-electron chi connectivity index (χ4n) is 4.44. The van der Waals surface area contributed by atoms with Gasteiger partial charge in [0.25, 0.3) is 5.91 Å². The summed E-state index contributed by atoms with van der Waals surface area (Å²) in [6.45, 7) is 3.18. The summed E-state index contributed by atoms with van der Waals surface area (Å²) in [5.41, 5.74) is 6.30. The molecule has 160 valence electrons. The molecule has 0 unspecified atom stereocenters. The molecule has 5 rings (SSSR count). The summed E-state index contributed by atoms with van der Waals surface area (Å²) in [7, 11) is 0. The maximum absolute atomic E-state index is 14.1. The van der Waals surface area contributed by atoms with Crippen LogP contribution in [-0.2, 0) is 13.0 Å². The van der Waals surface area contributed by atoms with E-state index in [2.05, 4.69) is 12.1 Å². The Balaban J connectivity index is 1.60. The normalized spacial score (nSPS) is 13.2. The van der Waals surface area contributed by atoms with Crippen molar-refractivity contribution in [3.8, 4) is 16.9 Å². The predicted molar refractivity (Wildman–Crippen MR) is 126 cm³/mol. The second kappa shape index (κ2) is 8.29. The number of fused-ring (bicyclic) bond motifs is 1. The topological polar surface area (TPSA) is 25.2 Å². The van der Waals surface area contributed by atoms with Crippen LogP contribution in [0.2, 0.25) is 5.02 Å². The molecule has 3 aromatic carbocycles. The van der Waals surface area contributed by atoms with Crippen LogP contribution in [0.5, 0.6) is 0 Å². The highest BCUT2D eigenvalue weighted by Gasteiger charge is 2.26. The molecule has 2 heterocycles. The molecular formula is C27H22ClFN2O. The summed E-state index contributed by atoms with van der Waals surface area (Å²) < 4.78 is 16.0. The molecule has 0 aliphatic carbocycles. The van der Waals surface area contributed by atoms with Crippen molar-refractivity contribution >= 4 is 17.5 Å². The van der Waals surface area contributed by atoms with Gasteiger partial charge in [0.15, 0.2) is 0 Å². The zero-order chi connectivity index (χ0) is 22.2. The van der Waals surface area contributed by atoms with Crippen molar-refractivity contribution in [1.82, 2.24) is 9.47 Å². The van der Waals surface area contributed by atoms with Gasteiger partial charge in [0.05, 0.1) is 11.3 Å². The largest absolute Gasteiger partial charge is 0.334 e. The smallest absolute Gasteiger partial charge is 0.256 e. The summed E-state index contributed by atoms with van der Waals surface area (Å²) in [6, 6.07) is 24.1. The van der Waals surface area contributed by atoms with E-state index in [1.807, 2.05) is 64.9 Å². The molecule has 0 atom stereocenters. The van der Waals surface area contributed by atoms with E-state index in [0.29, 0.717) is 29.4 Å². The molecule has 32 heavy (non-hydrogen) atoms. The molecule has 1 aliphatic rings. The number of amides is 1. The molecule has 0 radical (unpaired) electrons. The molecule has 0 saturated carbocycles. The third kappa shape index (κ3) is 3.71. The van der Waals surface area contributed by atoms with Crippen LogP contribution in [0.1, 0.15) is 27.2 Å². The van der Waals surface area contributed by atoms with Crippen LogP contribution in [0.3, 0.4) is 0 Å². The zero-order valence-electron chi connectivity index (χ0n) is 17.7. The highest BCUT2D eigenvalue weighted by atomic mass is 35.5. The first-order chi connectivity index (χ1) is 15.5. The summed E-state index contributed by atoms with van der Waals surface area (Å²) in [5.74, 6) is -0.333. The quantitative estimate of drug-likeness (QED) is 0.356. The maximum atomic E-state index is 14.1. The minimum Gasteiger partial charge on any atom is -0.334 e. The minimum atomic E-state index is -0.321. The average molecular weight is 445 g/mol. The van der Waals surface area contributed by atoms with Crippen LogP contribution in [0.25, 0.3) is 16.9 Å². The van der Waals surface area contributed by atoms with Crippen molar-refractivity contribution in [2.24, 2.45) is 0 Å². The first kappa shape index (κ1) is 20.5. The van der Waals surface area contributed by atoms with Gasteiger partial charge in [-0.1, -0.05) is 54.1 Å². The van der Waals surface area contributed by atoms with Crippen molar-refractivity contribution in [3.63, 3.8) is 0 Å². The molecule has 0 spiro atoms. The second-order valence-electron chi connectivity index (χ2n) is 8.10. The van der Waals surface area contributed by atoms with E-state index in [1.165, 1.54) is 23.3 Å². The number of aromatic nitrogens is 1. The molecule has 0 N–H and O–H groups in total. The third-order valence-electron chi connectivity index (χ3n) is 6.10. The number of carbonyl (C=O) groups is 1. The molecule has 3 nitrogen and oxygen atoms in total. The standard InChI is InChI=1S/C27H22ClFN2O/c1-18-25(27(32)30-14-13-19-5-2-3-6-21(19)17-30)16-26(20-9-11-22(28)12-10-20)31(18)24-8-4-7-23(29)15-24/h2-12,15-16H,13-14,17H2,1H3. The number of carbonyl (C=O) groups excluding carboxylic acids is 1. The fraction of sp³-hybridized carbons (Fsp3) is 0.148. The summed E-state index contributed by atoms with van der Waals surface area (Å²) in [5, 5.41) is 0.637. The van der Waals surface area contributed by atoms with Crippen molar-refractivity contribution in [1.29, 1.82) is 0 Å². The van der Waals surface area contributed by atoms with Crippen LogP contribution >= 0.6 is 11.6 Å². The monoisotopic (exact) mass is 444 g/mol. The number of benzene rings is 3. The lowest BCUT2D eigenvalue weighted by molar-refractivity contribution is 0.0734. The van der Waals surface area contributed by atoms with E-state index in [0.717, 1.165) is 23.4 Å². The molecule has 0 saturated heterocycles. The molecule has 1 aliphatic heterocycles. The SMILES string of the molecule is Cc1c(C(=O)N2CCc3ccccc3C2)cc(-c2ccc(Cl)cc2)n1-c1cccc(F)c1. The van der Waals surface area contributed by atoms with Crippen molar-refractivity contribution in [2.45, 2.75) is 19.9 Å². The van der Waals surface area contributed by atoms with Gasteiger partial charge in [0, 0.05) is 29.5 Å². The number of hydrogen-bond donors (Lipinski definition) is 0. The van der Waals surface area contributed by atoms with Gasteiger partial charge < -0.3 is 9.47 Å². The van der Waals surface area contributed by atoms with Crippen molar-refractivity contribution in [2.75, 3.05) is 6.54 Å². The van der Waals surface area contributed by atoms with Gasteiger partial charge in [-0.15, -0.1) is 0 Å². The van der Waals surface area contributed by atoms with E-state index < -0.39 is 0 Å². The Morgan fingerprint density at radius 2 is 1.69 bits per heavy atom. The van der Waals surface area contributed by atoms with Crippen LogP contribution in [-0.4, -0.2) is 21.9 Å². The van der Waals surface area contributed by atoms with E-state index in [1.54, 1.807) is 6.07 Å². The van der Waals surface area contributed by atoms with Gasteiger partial charge in [-0.3, -0.25) is 4.79 Å². The molecule has 5 heteroatoms. The van der Waals surface area contributed by atoms with Crippen LogP contribution in [0, 0.1) is 12.7 Å². The first-order valence-electron chi connectivity index (χ1n) is 10.6. The average Bonchev–Trinajstić information content (AvgIpc) is 3.15. The number of halogens is 2. The Hall–Kier alpha value is -3.37. The lowest BCUT2D eigenvalue weighted by Gasteiger charge is -2.29. The molecule has 0 bridgehead atoms. The van der Waals surface area contributed by atoms with Crippen LogP contribution < -0.4 is 0 Å². The highest BCUT2D eigenvalue weighted by Crippen LogP contribution is 2.32. The highest BCUT2D eigenvalue weighted by molar-refractivity contribution is 6.30. The van der Waals surface area contributed by atoms with Crippen molar-refractivity contribution in [3.05, 3.63) is 112 Å². The lowest BCUT2D eigenvalue weighted by atomic mass is 9.99. The maximum Gasteiger partial charge on any atom is 0.256 e. The zero-order valence-corrected chi connectivity index (χ0v) is 18.4. The summed E-state index contributed by atoms with van der Waals surface area (Å²) in [4.78, 5) is 15.5. The van der Waals surface area contributed by atoms with E-state index in [9.17, 15) is 9.18 Å². The summed E-state index contributed by atoms with van der Waals surface area (Å²) in [6.07, 6.45) is 0.843. The Labute approximate surface area is 191 Å². The first-order valence-corrected chi connectivity index (χ1v) is 11.0. The van der Waals surface area contributed by atoms with Gasteiger partial charge in [-0.05, 0) is 66.4 Å². The van der Waals surface area contributed by atoms with Gasteiger partial charge in [0.2, 0.25) is 0 Å². The Kier molecular flexibility index (Phi) is 5.32. The Bertz CT molecular complexity index is 1310. The Morgan fingerprint density at radius 1 is 0.938 bits per heavy atom. The van der Waals surface area contributed by atoms with Crippen LogP contribution in [0.15, 0.2) is 78.9 Å². The van der Waals surface area contributed by atoms with Crippen LogP contribution in [0.4, 0.5) is 4.39 Å². The molecule has 4 aromatic rings. The van der Waals surface area contributed by atoms with E-state index in [4.69, 9.17) is 11.6 Å². The predicted octanol–water partition coefficient (Wildman–Crippen LogP) is 6.44. The van der Waals surface area contributed by atoms with Crippen molar-refractivity contribution < 1.29 is 9.18 Å². The third-order valence-corrected chi connectivity index (χ3v) is 6.35. The molecule has 1 amide bonds. The summed E-state index contributed by atoms with van der Waals surface area (Å²) >= 11 is 6.09. The number of rotatable bonds is 3. The second-order valence-corrected chi connectivity index (χ2v) is 8.53. The van der Waals surface area contributed by atoms with E-state index in [-0.39, 0.29) is 11.7 Å². The minimum absolute atomic E-state index is 0.0117.